The average molecular weight is 458 g/mol. The number of nitriles is 2. The predicted molar refractivity (Wildman–Crippen MR) is 119 cm³/mol. The van der Waals surface area contributed by atoms with Gasteiger partial charge in [-0.1, -0.05) is 45.7 Å². The highest BCUT2D eigenvalue weighted by atomic mass is 79.9. The van der Waals surface area contributed by atoms with Crippen molar-refractivity contribution in [1.82, 2.24) is 9.97 Å². The molecule has 6 heteroatoms. The Balaban J connectivity index is 1.99. The zero-order valence-corrected chi connectivity index (χ0v) is 17.1. The van der Waals surface area contributed by atoms with Gasteiger partial charge in [0.15, 0.2) is 0 Å². The number of imidazole rings is 1. The van der Waals surface area contributed by atoms with E-state index in [1.54, 1.807) is 18.2 Å². The molecule has 0 aliphatic rings. The van der Waals surface area contributed by atoms with E-state index in [2.05, 4.69) is 33.1 Å². The minimum Gasteiger partial charge on any atom is -0.337 e. The smallest absolute Gasteiger partial charge is 0.141 e. The van der Waals surface area contributed by atoms with Crippen molar-refractivity contribution in [3.63, 3.8) is 0 Å². The first-order valence-electron chi connectivity index (χ1n) is 8.74. The van der Waals surface area contributed by atoms with Crippen LogP contribution in [0.3, 0.4) is 0 Å². The van der Waals surface area contributed by atoms with E-state index in [1.165, 1.54) is 0 Å². The molecule has 29 heavy (non-hydrogen) atoms. The number of hydrogen-bond donors (Lipinski definition) is 1. The second-order valence-corrected chi connectivity index (χ2v) is 7.99. The SMILES string of the molecule is N#Cc1cccc(C#N)c1-c1nc2c3cc(Br)ccc3c3cc(Cl)ccc3c2[nH]1. The molecular weight excluding hydrogens is 448 g/mol. The summed E-state index contributed by atoms with van der Waals surface area (Å²) in [4.78, 5) is 8.19. The Bertz CT molecular complexity index is 1520. The second-order valence-electron chi connectivity index (χ2n) is 6.64. The number of nitrogens with one attached hydrogen (secondary N) is 1. The third kappa shape index (κ3) is 2.68. The van der Waals surface area contributed by atoms with E-state index in [1.807, 2.05) is 36.4 Å². The Hall–Kier alpha value is -3.38. The fraction of sp³-hybridized carbons (Fsp3) is 0. The Morgan fingerprint density at radius 1 is 0.862 bits per heavy atom. The molecule has 0 radical (unpaired) electrons. The highest BCUT2D eigenvalue weighted by Crippen LogP contribution is 2.38. The first-order valence-corrected chi connectivity index (χ1v) is 9.91. The number of H-pyrrole nitrogens is 1. The zero-order chi connectivity index (χ0) is 20.1. The maximum atomic E-state index is 9.56. The largest absolute Gasteiger partial charge is 0.337 e. The predicted octanol–water partition coefficient (Wildman–Crippen LogP) is 6.70. The van der Waals surface area contributed by atoms with Crippen LogP contribution >= 0.6 is 27.5 Å². The van der Waals surface area contributed by atoms with Crippen LogP contribution in [-0.2, 0) is 0 Å². The van der Waals surface area contributed by atoms with Gasteiger partial charge >= 0.3 is 0 Å². The maximum Gasteiger partial charge on any atom is 0.141 e. The number of aromatic amines is 1. The van der Waals surface area contributed by atoms with Crippen molar-refractivity contribution in [3.8, 4) is 23.5 Å². The minimum absolute atomic E-state index is 0.404. The van der Waals surface area contributed by atoms with Crippen LogP contribution in [0.4, 0.5) is 0 Å². The summed E-state index contributed by atoms with van der Waals surface area (Å²) in [5.41, 5.74) is 2.94. The van der Waals surface area contributed by atoms with Gasteiger partial charge in [-0.2, -0.15) is 10.5 Å². The monoisotopic (exact) mass is 456 g/mol. The minimum atomic E-state index is 0.404. The lowest BCUT2D eigenvalue weighted by atomic mass is 10.00. The average Bonchev–Trinajstić information content (AvgIpc) is 3.18. The summed E-state index contributed by atoms with van der Waals surface area (Å²) in [7, 11) is 0. The van der Waals surface area contributed by atoms with Crippen LogP contribution in [0.5, 0.6) is 0 Å². The van der Waals surface area contributed by atoms with Gasteiger partial charge in [-0.25, -0.2) is 4.98 Å². The molecule has 0 aliphatic heterocycles. The molecular formula is C23H10BrClN4. The van der Waals surface area contributed by atoms with Crippen LogP contribution in [0.1, 0.15) is 11.1 Å². The molecule has 4 aromatic carbocycles. The second kappa shape index (κ2) is 6.60. The first kappa shape index (κ1) is 17.7. The molecule has 0 amide bonds. The molecule has 1 aromatic heterocycles. The first-order chi connectivity index (χ1) is 14.1. The number of halogens is 2. The van der Waals surface area contributed by atoms with Crippen molar-refractivity contribution >= 4 is 60.1 Å². The lowest BCUT2D eigenvalue weighted by Crippen LogP contribution is -1.91. The molecule has 0 fully saturated rings. The van der Waals surface area contributed by atoms with E-state index in [0.29, 0.717) is 27.5 Å². The van der Waals surface area contributed by atoms with Crippen LogP contribution in [0.25, 0.3) is 44.0 Å². The molecule has 136 valence electrons. The third-order valence-electron chi connectivity index (χ3n) is 5.02. The molecule has 5 rings (SSSR count). The summed E-state index contributed by atoms with van der Waals surface area (Å²) in [5, 5.41) is 23.8. The van der Waals surface area contributed by atoms with Crippen molar-refractivity contribution in [3.05, 3.63) is 75.2 Å². The van der Waals surface area contributed by atoms with E-state index >= 15 is 0 Å². The van der Waals surface area contributed by atoms with E-state index < -0.39 is 0 Å². The van der Waals surface area contributed by atoms with E-state index in [0.717, 1.165) is 37.1 Å². The third-order valence-corrected chi connectivity index (χ3v) is 5.75. The zero-order valence-electron chi connectivity index (χ0n) is 14.8. The molecule has 5 aromatic rings. The number of aromatic nitrogens is 2. The normalized spacial score (nSPS) is 11.0. The highest BCUT2D eigenvalue weighted by molar-refractivity contribution is 9.10. The Labute approximate surface area is 179 Å². The summed E-state index contributed by atoms with van der Waals surface area (Å²) in [6.45, 7) is 0. The number of rotatable bonds is 1. The summed E-state index contributed by atoms with van der Waals surface area (Å²) in [5.74, 6) is 0.498. The molecule has 1 heterocycles. The van der Waals surface area contributed by atoms with Crippen molar-refractivity contribution in [2.24, 2.45) is 0 Å². The summed E-state index contributed by atoms with van der Waals surface area (Å²) in [6, 6.07) is 21.2. The quantitative estimate of drug-likeness (QED) is 0.285. The standard InChI is InChI=1S/C23H10BrClN4/c24-14-4-6-16-18-9-15(25)5-7-17(18)21-22(19(16)8-14)29-23(28-21)20-12(10-26)2-1-3-13(20)11-27/h1-9H,(H,28,29). The Kier molecular flexibility index (Phi) is 4.03. The molecule has 0 atom stereocenters. The number of nitrogens with zero attached hydrogens (tertiary/aromatic N) is 3. The Morgan fingerprint density at radius 2 is 1.59 bits per heavy atom. The van der Waals surface area contributed by atoms with Gasteiger partial charge in [0, 0.05) is 20.3 Å². The van der Waals surface area contributed by atoms with Crippen LogP contribution in [0.2, 0.25) is 5.02 Å². The van der Waals surface area contributed by atoms with Crippen LogP contribution in [-0.4, -0.2) is 9.97 Å². The van der Waals surface area contributed by atoms with Gasteiger partial charge in [-0.3, -0.25) is 0 Å². The molecule has 0 saturated heterocycles. The number of fused-ring (bicyclic) bond motifs is 6. The van der Waals surface area contributed by atoms with Crippen LogP contribution < -0.4 is 0 Å². The molecule has 0 saturated carbocycles. The molecule has 0 unspecified atom stereocenters. The summed E-state index contributed by atoms with van der Waals surface area (Å²) >= 11 is 9.82. The molecule has 1 N–H and O–H groups in total. The van der Waals surface area contributed by atoms with Crippen molar-refractivity contribution in [2.45, 2.75) is 0 Å². The van der Waals surface area contributed by atoms with Gasteiger partial charge < -0.3 is 4.98 Å². The van der Waals surface area contributed by atoms with Crippen molar-refractivity contribution in [1.29, 1.82) is 10.5 Å². The molecule has 0 bridgehead atoms. The van der Waals surface area contributed by atoms with Gasteiger partial charge in [0.1, 0.15) is 5.82 Å². The number of benzene rings is 4. The van der Waals surface area contributed by atoms with E-state index in [9.17, 15) is 10.5 Å². The van der Waals surface area contributed by atoms with Gasteiger partial charge in [0.25, 0.3) is 0 Å². The van der Waals surface area contributed by atoms with Gasteiger partial charge in [-0.15, -0.1) is 0 Å². The fourth-order valence-corrected chi connectivity index (χ4v) is 4.31. The van der Waals surface area contributed by atoms with Crippen LogP contribution in [0.15, 0.2) is 59.1 Å². The summed E-state index contributed by atoms with van der Waals surface area (Å²) < 4.78 is 0.937. The summed E-state index contributed by atoms with van der Waals surface area (Å²) in [6.07, 6.45) is 0. The van der Waals surface area contributed by atoms with Gasteiger partial charge in [0.2, 0.25) is 0 Å². The van der Waals surface area contributed by atoms with Gasteiger partial charge in [0.05, 0.1) is 39.9 Å². The fourth-order valence-electron chi connectivity index (χ4n) is 3.78. The van der Waals surface area contributed by atoms with Gasteiger partial charge in [-0.05, 0) is 47.2 Å². The lowest BCUT2D eigenvalue weighted by Gasteiger charge is -2.07. The number of hydrogen-bond acceptors (Lipinski definition) is 3. The van der Waals surface area contributed by atoms with Crippen LogP contribution in [0, 0.1) is 22.7 Å². The van der Waals surface area contributed by atoms with E-state index in [-0.39, 0.29) is 0 Å². The highest BCUT2D eigenvalue weighted by Gasteiger charge is 2.18. The maximum absolute atomic E-state index is 9.56. The molecule has 4 nitrogen and oxygen atoms in total. The molecule has 0 aliphatic carbocycles. The van der Waals surface area contributed by atoms with E-state index in [4.69, 9.17) is 16.6 Å². The Morgan fingerprint density at radius 3 is 2.31 bits per heavy atom. The topological polar surface area (TPSA) is 76.3 Å². The van der Waals surface area contributed by atoms with Crippen molar-refractivity contribution in [2.75, 3.05) is 0 Å². The van der Waals surface area contributed by atoms with Crippen molar-refractivity contribution < 1.29 is 0 Å². The lowest BCUT2D eigenvalue weighted by molar-refractivity contribution is 1.31. The molecule has 0 spiro atoms.